The second-order valence-electron chi connectivity index (χ2n) is 7.07. The first kappa shape index (κ1) is 20.9. The highest BCUT2D eigenvalue weighted by molar-refractivity contribution is 8.00. The van der Waals surface area contributed by atoms with Crippen molar-refractivity contribution in [3.63, 3.8) is 0 Å². The molecular formula is C22H24N4O2S. The SMILES string of the molecule is Cc1nc(SCC(=O)N2CCN(C(=O)c3ccccc3)CC2)c(C#N)c(C)c1C. The van der Waals surface area contributed by atoms with E-state index in [1.807, 2.05) is 51.1 Å². The van der Waals surface area contributed by atoms with Crippen LogP contribution in [-0.2, 0) is 4.79 Å². The molecule has 3 rings (SSSR count). The van der Waals surface area contributed by atoms with Crippen molar-refractivity contribution in [2.75, 3.05) is 31.9 Å². The Balaban J connectivity index is 1.57. The highest BCUT2D eigenvalue weighted by Crippen LogP contribution is 2.26. The number of hydrogen-bond acceptors (Lipinski definition) is 5. The molecule has 0 bridgehead atoms. The molecule has 6 nitrogen and oxygen atoms in total. The lowest BCUT2D eigenvalue weighted by atomic mass is 10.1. The highest BCUT2D eigenvalue weighted by Gasteiger charge is 2.25. The molecule has 150 valence electrons. The summed E-state index contributed by atoms with van der Waals surface area (Å²) in [4.78, 5) is 33.2. The van der Waals surface area contributed by atoms with Crippen LogP contribution < -0.4 is 0 Å². The van der Waals surface area contributed by atoms with Crippen molar-refractivity contribution in [2.45, 2.75) is 25.8 Å². The lowest BCUT2D eigenvalue weighted by Crippen LogP contribution is -2.51. The van der Waals surface area contributed by atoms with Crippen LogP contribution in [-0.4, -0.2) is 58.5 Å². The van der Waals surface area contributed by atoms with Crippen LogP contribution in [0.5, 0.6) is 0 Å². The van der Waals surface area contributed by atoms with E-state index in [1.54, 1.807) is 9.80 Å². The maximum Gasteiger partial charge on any atom is 0.253 e. The van der Waals surface area contributed by atoms with E-state index in [1.165, 1.54) is 11.8 Å². The first-order chi connectivity index (χ1) is 13.9. The Hall–Kier alpha value is -2.85. The molecule has 0 radical (unpaired) electrons. The predicted octanol–water partition coefficient (Wildman–Crippen LogP) is 2.96. The minimum atomic E-state index is 0.000502. The Morgan fingerprint density at radius 1 is 1.03 bits per heavy atom. The molecule has 0 spiro atoms. The average Bonchev–Trinajstić information content (AvgIpc) is 2.76. The number of aryl methyl sites for hydroxylation is 1. The van der Waals surface area contributed by atoms with E-state index in [2.05, 4.69) is 11.1 Å². The number of hydrogen-bond donors (Lipinski definition) is 0. The monoisotopic (exact) mass is 408 g/mol. The molecule has 0 aliphatic carbocycles. The van der Waals surface area contributed by atoms with Crippen LogP contribution in [0, 0.1) is 32.1 Å². The van der Waals surface area contributed by atoms with E-state index in [-0.39, 0.29) is 17.6 Å². The second-order valence-corrected chi connectivity index (χ2v) is 8.03. The molecule has 2 amide bonds. The number of rotatable bonds is 4. The average molecular weight is 409 g/mol. The van der Waals surface area contributed by atoms with E-state index in [0.717, 1.165) is 16.8 Å². The fourth-order valence-corrected chi connectivity index (χ4v) is 4.28. The first-order valence-electron chi connectivity index (χ1n) is 9.55. The number of nitrogens with zero attached hydrogens (tertiary/aromatic N) is 4. The maximum absolute atomic E-state index is 12.6. The molecule has 0 atom stereocenters. The summed E-state index contributed by atoms with van der Waals surface area (Å²) in [5.74, 6) is 0.236. The van der Waals surface area contributed by atoms with E-state index in [4.69, 9.17) is 0 Å². The van der Waals surface area contributed by atoms with Crippen molar-refractivity contribution in [3.05, 3.63) is 58.3 Å². The molecule has 0 N–H and O–H groups in total. The number of aromatic nitrogens is 1. The zero-order chi connectivity index (χ0) is 21.0. The minimum absolute atomic E-state index is 0.000502. The van der Waals surface area contributed by atoms with Gasteiger partial charge in [0.1, 0.15) is 11.1 Å². The molecule has 2 aromatic rings. The summed E-state index contributed by atoms with van der Waals surface area (Å²) in [6.07, 6.45) is 0. The van der Waals surface area contributed by atoms with Crippen molar-refractivity contribution < 1.29 is 9.59 Å². The first-order valence-corrected chi connectivity index (χ1v) is 10.5. The van der Waals surface area contributed by atoms with E-state index in [0.29, 0.717) is 42.3 Å². The standard InChI is InChI=1S/C22H24N4O2S/c1-15-16(2)19(13-23)21(24-17(15)3)29-14-20(27)25-9-11-26(12-10-25)22(28)18-7-5-4-6-8-18/h4-8H,9-12,14H2,1-3H3. The molecule has 7 heteroatoms. The van der Waals surface area contributed by atoms with Crippen molar-refractivity contribution in [1.29, 1.82) is 5.26 Å². The van der Waals surface area contributed by atoms with Crippen LogP contribution in [0.15, 0.2) is 35.4 Å². The van der Waals surface area contributed by atoms with Crippen LogP contribution in [0.2, 0.25) is 0 Å². The fraction of sp³-hybridized carbons (Fsp3) is 0.364. The third-order valence-electron chi connectivity index (χ3n) is 5.35. The summed E-state index contributed by atoms with van der Waals surface area (Å²) in [5.41, 5.74) is 4.02. The van der Waals surface area contributed by atoms with Gasteiger partial charge in [0.2, 0.25) is 5.91 Å². The van der Waals surface area contributed by atoms with Crippen molar-refractivity contribution in [1.82, 2.24) is 14.8 Å². The molecule has 1 saturated heterocycles. The number of pyridine rings is 1. The minimum Gasteiger partial charge on any atom is -0.338 e. The molecule has 1 aliphatic rings. The molecule has 0 saturated carbocycles. The topological polar surface area (TPSA) is 77.3 Å². The van der Waals surface area contributed by atoms with Gasteiger partial charge in [-0.05, 0) is 44.0 Å². The fourth-order valence-electron chi connectivity index (χ4n) is 3.29. The maximum atomic E-state index is 12.6. The Bertz CT molecular complexity index is 961. The normalized spacial score (nSPS) is 13.9. The van der Waals surface area contributed by atoms with Gasteiger partial charge in [-0.2, -0.15) is 5.26 Å². The van der Waals surface area contributed by atoms with Gasteiger partial charge >= 0.3 is 0 Å². The predicted molar refractivity (Wildman–Crippen MR) is 113 cm³/mol. The molecule has 0 unspecified atom stereocenters. The van der Waals surface area contributed by atoms with Gasteiger partial charge in [-0.15, -0.1) is 0 Å². The van der Waals surface area contributed by atoms with E-state index in [9.17, 15) is 14.9 Å². The summed E-state index contributed by atoms with van der Waals surface area (Å²) >= 11 is 1.31. The van der Waals surface area contributed by atoms with Gasteiger partial charge in [0, 0.05) is 37.4 Å². The van der Waals surface area contributed by atoms with Gasteiger partial charge < -0.3 is 9.80 Å². The summed E-state index contributed by atoms with van der Waals surface area (Å²) in [6.45, 7) is 7.86. The summed E-state index contributed by atoms with van der Waals surface area (Å²) in [7, 11) is 0. The number of piperazine rings is 1. The van der Waals surface area contributed by atoms with Gasteiger partial charge in [0.25, 0.3) is 5.91 Å². The summed E-state index contributed by atoms with van der Waals surface area (Å²) < 4.78 is 0. The quantitative estimate of drug-likeness (QED) is 0.727. The third kappa shape index (κ3) is 4.60. The molecular weight excluding hydrogens is 384 g/mol. The lowest BCUT2D eigenvalue weighted by Gasteiger charge is -2.34. The Morgan fingerprint density at radius 2 is 1.66 bits per heavy atom. The molecule has 1 aliphatic heterocycles. The van der Waals surface area contributed by atoms with Gasteiger partial charge in [-0.1, -0.05) is 30.0 Å². The molecule has 29 heavy (non-hydrogen) atoms. The zero-order valence-electron chi connectivity index (χ0n) is 16.9. The van der Waals surface area contributed by atoms with Crippen LogP contribution in [0.3, 0.4) is 0 Å². The number of nitriles is 1. The van der Waals surface area contributed by atoms with Crippen LogP contribution in [0.1, 0.15) is 32.7 Å². The Kier molecular flexibility index (Phi) is 6.55. The van der Waals surface area contributed by atoms with Gasteiger partial charge in [0.05, 0.1) is 11.3 Å². The number of thioether (sulfide) groups is 1. The van der Waals surface area contributed by atoms with Crippen LogP contribution in [0.4, 0.5) is 0 Å². The second kappa shape index (κ2) is 9.10. The highest BCUT2D eigenvalue weighted by atomic mass is 32.2. The van der Waals surface area contributed by atoms with Gasteiger partial charge in [-0.25, -0.2) is 4.98 Å². The molecule has 1 aromatic heterocycles. The lowest BCUT2D eigenvalue weighted by molar-refractivity contribution is -0.129. The number of amides is 2. The van der Waals surface area contributed by atoms with Crippen molar-refractivity contribution >= 4 is 23.6 Å². The number of benzene rings is 1. The van der Waals surface area contributed by atoms with E-state index < -0.39 is 0 Å². The number of carbonyl (C=O) groups is 2. The molecule has 1 aromatic carbocycles. The van der Waals surface area contributed by atoms with Crippen LogP contribution >= 0.6 is 11.8 Å². The van der Waals surface area contributed by atoms with E-state index >= 15 is 0 Å². The third-order valence-corrected chi connectivity index (χ3v) is 6.31. The van der Waals surface area contributed by atoms with Crippen molar-refractivity contribution in [3.8, 4) is 6.07 Å². The van der Waals surface area contributed by atoms with Crippen molar-refractivity contribution in [2.24, 2.45) is 0 Å². The zero-order valence-corrected chi connectivity index (χ0v) is 17.8. The summed E-state index contributed by atoms with van der Waals surface area (Å²) in [6, 6.07) is 11.4. The Morgan fingerprint density at radius 3 is 2.28 bits per heavy atom. The van der Waals surface area contributed by atoms with Gasteiger partial charge in [0.15, 0.2) is 0 Å². The molecule has 1 fully saturated rings. The smallest absolute Gasteiger partial charge is 0.253 e. The number of carbonyl (C=O) groups excluding carboxylic acids is 2. The van der Waals surface area contributed by atoms with Crippen LogP contribution in [0.25, 0.3) is 0 Å². The molecule has 2 heterocycles. The van der Waals surface area contributed by atoms with Gasteiger partial charge in [-0.3, -0.25) is 9.59 Å². The Labute approximate surface area is 175 Å². The largest absolute Gasteiger partial charge is 0.338 e. The summed E-state index contributed by atoms with van der Waals surface area (Å²) in [5, 5.41) is 10.1.